The first-order chi connectivity index (χ1) is 5.38. The fraction of sp³-hybridized carbons (Fsp3) is 0. The molecule has 56 valence electrons. The van der Waals surface area contributed by atoms with E-state index in [0.29, 0.717) is 0 Å². The number of thiophene rings is 1. The van der Waals surface area contributed by atoms with Crippen LogP contribution in [0.1, 0.15) is 0 Å². The molecule has 1 heteroatoms. The summed E-state index contributed by atoms with van der Waals surface area (Å²) in [7, 11) is 0. The quantitative estimate of drug-likeness (QED) is 0.620. The van der Waals surface area contributed by atoms with Gasteiger partial charge in [-0.3, -0.25) is 0 Å². The van der Waals surface area contributed by atoms with Crippen LogP contribution in [0.15, 0.2) is 36.8 Å². The zero-order valence-electron chi connectivity index (χ0n) is 6.29. The van der Waals surface area contributed by atoms with E-state index >= 15 is 0 Å². The maximum absolute atomic E-state index is 3.65. The lowest BCUT2D eigenvalue weighted by Crippen LogP contribution is -2.16. The van der Waals surface area contributed by atoms with Crippen molar-refractivity contribution in [3.63, 3.8) is 0 Å². The molecule has 1 rings (SSSR count). The Hall–Kier alpha value is -1.08. The van der Waals surface area contributed by atoms with Gasteiger partial charge in [0.1, 0.15) is 0 Å². The zero-order valence-corrected chi connectivity index (χ0v) is 7.10. The molecule has 0 radical (unpaired) electrons. The van der Waals surface area contributed by atoms with Crippen LogP contribution in [0.5, 0.6) is 0 Å². The van der Waals surface area contributed by atoms with Crippen LogP contribution in [-0.2, 0) is 0 Å². The summed E-state index contributed by atoms with van der Waals surface area (Å²) in [5.41, 5.74) is 0. The van der Waals surface area contributed by atoms with Gasteiger partial charge in [0.15, 0.2) is 0 Å². The van der Waals surface area contributed by atoms with Crippen molar-refractivity contribution >= 4 is 23.5 Å². The standard InChI is InChI=1S/C10H10S/c1-3-5-9-7-8-11-10(9)6-4-2/h3-8H,1-2H2/b9-5-,10-6+. The number of hydrogen-bond donors (Lipinski definition) is 0. The number of hydrogen-bond acceptors (Lipinski definition) is 1. The summed E-state index contributed by atoms with van der Waals surface area (Å²) < 4.78 is 1.24. The molecule has 0 atom stereocenters. The lowest BCUT2D eigenvalue weighted by Gasteiger charge is -1.73. The number of allylic oxidation sites excluding steroid dienone is 2. The highest BCUT2D eigenvalue weighted by Crippen LogP contribution is 1.81. The molecule has 1 aromatic rings. The molecule has 0 fully saturated rings. The van der Waals surface area contributed by atoms with E-state index in [4.69, 9.17) is 0 Å². The van der Waals surface area contributed by atoms with Crippen molar-refractivity contribution in [2.75, 3.05) is 0 Å². The third-order valence-corrected chi connectivity index (χ3v) is 2.19. The monoisotopic (exact) mass is 162 g/mol. The molecule has 0 N–H and O–H groups in total. The van der Waals surface area contributed by atoms with Crippen LogP contribution >= 0.6 is 11.3 Å². The van der Waals surface area contributed by atoms with Crippen LogP contribution in [0.2, 0.25) is 0 Å². The molecule has 11 heavy (non-hydrogen) atoms. The molecule has 0 amide bonds. The topological polar surface area (TPSA) is 0 Å². The van der Waals surface area contributed by atoms with E-state index in [1.807, 2.05) is 12.2 Å². The molecule has 1 aromatic heterocycles. The third kappa shape index (κ3) is 1.92. The van der Waals surface area contributed by atoms with Crippen molar-refractivity contribution < 1.29 is 0 Å². The summed E-state index contributed by atoms with van der Waals surface area (Å²) in [5.74, 6) is 0. The number of rotatable bonds is 2. The van der Waals surface area contributed by atoms with Gasteiger partial charge in [-0.15, -0.1) is 11.3 Å². The highest BCUT2D eigenvalue weighted by Gasteiger charge is 1.81. The highest BCUT2D eigenvalue weighted by molar-refractivity contribution is 7.07. The Kier molecular flexibility index (Phi) is 2.87. The molecule has 0 spiro atoms. The fourth-order valence-corrected chi connectivity index (χ4v) is 1.65. The van der Waals surface area contributed by atoms with Crippen LogP contribution in [0.25, 0.3) is 12.2 Å². The van der Waals surface area contributed by atoms with Crippen molar-refractivity contribution in [3.8, 4) is 0 Å². The van der Waals surface area contributed by atoms with Crippen LogP contribution in [0, 0.1) is 0 Å². The van der Waals surface area contributed by atoms with Gasteiger partial charge in [-0.25, -0.2) is 0 Å². The minimum atomic E-state index is 1.21. The van der Waals surface area contributed by atoms with Gasteiger partial charge in [-0.1, -0.05) is 31.4 Å². The van der Waals surface area contributed by atoms with E-state index in [1.165, 1.54) is 9.75 Å². The second kappa shape index (κ2) is 3.94. The van der Waals surface area contributed by atoms with Gasteiger partial charge in [-0.05, 0) is 22.7 Å². The van der Waals surface area contributed by atoms with E-state index in [1.54, 1.807) is 23.5 Å². The Balaban J connectivity index is 3.38. The van der Waals surface area contributed by atoms with Gasteiger partial charge in [-0.2, -0.15) is 0 Å². The summed E-state index contributed by atoms with van der Waals surface area (Å²) in [6.45, 7) is 7.29. The molecule has 1 heterocycles. The molecule has 0 aliphatic rings. The largest absolute Gasteiger partial charge is 0.144 e. The zero-order chi connectivity index (χ0) is 8.10. The molecule has 0 aliphatic heterocycles. The molecule has 0 nitrogen and oxygen atoms in total. The van der Waals surface area contributed by atoms with Gasteiger partial charge in [0.2, 0.25) is 0 Å². The first-order valence-electron chi connectivity index (χ1n) is 3.37. The Bertz CT molecular complexity index is 320. The third-order valence-electron chi connectivity index (χ3n) is 1.29. The maximum atomic E-state index is 3.65. The first kappa shape index (κ1) is 8.02. The minimum Gasteiger partial charge on any atom is -0.144 e. The van der Waals surface area contributed by atoms with Crippen LogP contribution in [-0.4, -0.2) is 0 Å². The van der Waals surface area contributed by atoms with Crippen molar-refractivity contribution in [1.82, 2.24) is 0 Å². The second-order valence-electron chi connectivity index (χ2n) is 2.04. The van der Waals surface area contributed by atoms with Gasteiger partial charge in [0.25, 0.3) is 0 Å². The van der Waals surface area contributed by atoms with Crippen molar-refractivity contribution in [1.29, 1.82) is 0 Å². The Morgan fingerprint density at radius 3 is 2.55 bits per heavy atom. The van der Waals surface area contributed by atoms with E-state index in [9.17, 15) is 0 Å². The van der Waals surface area contributed by atoms with Crippen LogP contribution in [0.4, 0.5) is 0 Å². The van der Waals surface area contributed by atoms with Gasteiger partial charge in [0.05, 0.1) is 0 Å². The lowest BCUT2D eigenvalue weighted by atomic mass is 10.3. The minimum absolute atomic E-state index is 1.21. The molecular formula is C10H10S. The van der Waals surface area contributed by atoms with Gasteiger partial charge >= 0.3 is 0 Å². The Labute approximate surface area is 70.5 Å². The molecular weight excluding hydrogens is 152 g/mol. The van der Waals surface area contributed by atoms with E-state index in [0.717, 1.165) is 0 Å². The van der Waals surface area contributed by atoms with Crippen molar-refractivity contribution in [2.45, 2.75) is 0 Å². The van der Waals surface area contributed by atoms with Gasteiger partial charge in [0, 0.05) is 4.53 Å². The summed E-state index contributed by atoms with van der Waals surface area (Å²) in [6, 6.07) is 2.07. The summed E-state index contributed by atoms with van der Waals surface area (Å²) in [5, 5.41) is 3.27. The first-order valence-corrected chi connectivity index (χ1v) is 4.25. The van der Waals surface area contributed by atoms with Crippen LogP contribution in [0.3, 0.4) is 0 Å². The fourth-order valence-electron chi connectivity index (χ4n) is 0.838. The predicted molar refractivity (Wildman–Crippen MR) is 52.9 cm³/mol. The molecule has 0 unspecified atom stereocenters. The SMILES string of the molecule is C=C/C=c1/ccs/c1=C/C=C. The van der Waals surface area contributed by atoms with E-state index < -0.39 is 0 Å². The van der Waals surface area contributed by atoms with Gasteiger partial charge < -0.3 is 0 Å². The summed E-state index contributed by atoms with van der Waals surface area (Å²) in [6.07, 6.45) is 7.58. The molecule has 0 saturated carbocycles. The summed E-state index contributed by atoms with van der Waals surface area (Å²) >= 11 is 1.71. The van der Waals surface area contributed by atoms with Crippen molar-refractivity contribution in [2.24, 2.45) is 0 Å². The Morgan fingerprint density at radius 1 is 1.18 bits per heavy atom. The Morgan fingerprint density at radius 2 is 1.91 bits per heavy atom. The lowest BCUT2D eigenvalue weighted by molar-refractivity contribution is 1.72. The molecule has 0 aromatic carbocycles. The smallest absolute Gasteiger partial charge is 0.0342 e. The van der Waals surface area contributed by atoms with E-state index in [-0.39, 0.29) is 0 Å². The maximum Gasteiger partial charge on any atom is 0.0342 e. The average molecular weight is 162 g/mol. The average Bonchev–Trinajstić information content (AvgIpc) is 2.39. The normalized spacial score (nSPS) is 13.5. The molecule has 0 bridgehead atoms. The molecule has 0 saturated heterocycles. The van der Waals surface area contributed by atoms with Crippen LogP contribution < -0.4 is 9.75 Å². The highest BCUT2D eigenvalue weighted by atomic mass is 32.1. The predicted octanol–water partition coefficient (Wildman–Crippen LogP) is 1.68. The second-order valence-corrected chi connectivity index (χ2v) is 2.99. The van der Waals surface area contributed by atoms with E-state index in [2.05, 4.69) is 24.6 Å². The summed E-state index contributed by atoms with van der Waals surface area (Å²) in [4.78, 5) is 0. The molecule has 0 aliphatic carbocycles. The van der Waals surface area contributed by atoms with Crippen molar-refractivity contribution in [3.05, 3.63) is 46.5 Å².